The van der Waals surface area contributed by atoms with Crippen molar-refractivity contribution >= 4 is 22.5 Å². The third-order valence-corrected chi connectivity index (χ3v) is 4.73. The minimum atomic E-state index is -0.230. The fourth-order valence-electron chi connectivity index (χ4n) is 3.47. The molecule has 144 valence electrons. The summed E-state index contributed by atoms with van der Waals surface area (Å²) in [4.78, 5) is 32.3. The lowest BCUT2D eigenvalue weighted by molar-refractivity contribution is 0.0949. The zero-order valence-electron chi connectivity index (χ0n) is 16.0. The van der Waals surface area contributed by atoms with Crippen LogP contribution in [0.1, 0.15) is 30.2 Å². The summed E-state index contributed by atoms with van der Waals surface area (Å²) in [5, 5.41) is 2.90. The van der Waals surface area contributed by atoms with Gasteiger partial charge in [-0.05, 0) is 30.2 Å². The summed E-state index contributed by atoms with van der Waals surface area (Å²) in [6, 6.07) is 13.2. The number of imidazole rings is 2. The lowest BCUT2D eigenvalue weighted by Gasteiger charge is -2.05. The van der Waals surface area contributed by atoms with Crippen LogP contribution in [0.3, 0.4) is 0 Å². The first-order chi connectivity index (χ1) is 13.5. The number of carbonyl (C=O) groups is 1. The van der Waals surface area contributed by atoms with Crippen LogP contribution in [0.4, 0.5) is 0 Å². The van der Waals surface area contributed by atoms with Crippen LogP contribution >= 0.6 is 0 Å². The van der Waals surface area contributed by atoms with Gasteiger partial charge in [0.1, 0.15) is 5.82 Å². The van der Waals surface area contributed by atoms with Crippen LogP contribution in [0.5, 0.6) is 0 Å². The molecule has 1 aromatic carbocycles. The molecular weight excluding hydrogens is 354 g/mol. The number of nitrogens with zero attached hydrogens (tertiary/aromatic N) is 3. The average molecular weight is 377 g/mol. The molecule has 3 aromatic heterocycles. The lowest BCUT2D eigenvalue weighted by atomic mass is 10.1. The first-order valence-electron chi connectivity index (χ1n) is 9.46. The molecule has 28 heavy (non-hydrogen) atoms. The van der Waals surface area contributed by atoms with Crippen LogP contribution in [-0.2, 0) is 13.0 Å². The second-order valence-electron chi connectivity index (χ2n) is 7.29. The Kier molecular flexibility index (Phi) is 4.73. The number of nitrogens with one attached hydrogen (secondary N) is 2. The predicted molar refractivity (Wildman–Crippen MR) is 109 cm³/mol. The molecule has 1 amide bonds. The Morgan fingerprint density at radius 3 is 2.71 bits per heavy atom. The van der Waals surface area contributed by atoms with Crippen molar-refractivity contribution in [3.05, 3.63) is 70.7 Å². The van der Waals surface area contributed by atoms with E-state index in [-0.39, 0.29) is 11.6 Å². The quantitative estimate of drug-likeness (QED) is 0.542. The maximum absolute atomic E-state index is 12.8. The summed E-state index contributed by atoms with van der Waals surface area (Å²) in [6.45, 7) is 4.98. The molecule has 0 saturated heterocycles. The van der Waals surface area contributed by atoms with Gasteiger partial charge in [0.25, 0.3) is 5.91 Å². The van der Waals surface area contributed by atoms with Crippen LogP contribution in [0.15, 0.2) is 53.5 Å². The Morgan fingerprint density at radius 2 is 1.89 bits per heavy atom. The molecule has 7 heteroatoms. The summed E-state index contributed by atoms with van der Waals surface area (Å²) >= 11 is 0. The molecule has 0 atom stereocenters. The number of H-pyrrole nitrogens is 1. The molecule has 4 aromatic rings. The molecule has 0 aliphatic heterocycles. The van der Waals surface area contributed by atoms with Crippen LogP contribution in [0.2, 0.25) is 0 Å². The molecule has 0 spiro atoms. The number of hydrogen-bond acceptors (Lipinski definition) is 3. The summed E-state index contributed by atoms with van der Waals surface area (Å²) in [5.41, 5.74) is 2.65. The van der Waals surface area contributed by atoms with Crippen LogP contribution in [0, 0.1) is 5.92 Å². The maximum Gasteiger partial charge on any atom is 0.326 e. The van der Waals surface area contributed by atoms with Crippen LogP contribution < -0.4 is 11.0 Å². The van der Waals surface area contributed by atoms with E-state index < -0.39 is 0 Å². The molecule has 0 unspecified atom stereocenters. The van der Waals surface area contributed by atoms with Gasteiger partial charge in [-0.25, -0.2) is 9.78 Å². The first kappa shape index (κ1) is 18.0. The minimum absolute atomic E-state index is 0.179. The van der Waals surface area contributed by atoms with E-state index in [1.165, 1.54) is 0 Å². The highest BCUT2D eigenvalue weighted by atomic mass is 16.2. The van der Waals surface area contributed by atoms with E-state index in [1.54, 1.807) is 4.57 Å². The summed E-state index contributed by atoms with van der Waals surface area (Å²) in [6.07, 6.45) is 2.73. The minimum Gasteiger partial charge on any atom is -0.349 e. The fraction of sp³-hybridized carbons (Fsp3) is 0.286. The zero-order chi connectivity index (χ0) is 19.7. The van der Waals surface area contributed by atoms with Crippen molar-refractivity contribution in [1.82, 2.24) is 24.3 Å². The lowest BCUT2D eigenvalue weighted by Crippen LogP contribution is -2.30. The smallest absolute Gasteiger partial charge is 0.326 e. The molecule has 0 aliphatic rings. The van der Waals surface area contributed by atoms with Crippen molar-refractivity contribution in [1.29, 1.82) is 0 Å². The molecular formula is C21H23N5O2. The number of fused-ring (bicyclic) bond motifs is 2. The van der Waals surface area contributed by atoms with Crippen molar-refractivity contribution < 1.29 is 4.79 Å². The molecule has 0 radical (unpaired) electrons. The van der Waals surface area contributed by atoms with Gasteiger partial charge in [0.15, 0.2) is 5.69 Å². The highest BCUT2D eigenvalue weighted by Crippen LogP contribution is 2.16. The Balaban J connectivity index is 1.53. The van der Waals surface area contributed by atoms with Gasteiger partial charge in [0, 0.05) is 25.7 Å². The molecule has 0 fully saturated rings. The summed E-state index contributed by atoms with van der Waals surface area (Å²) in [7, 11) is 0. The monoisotopic (exact) mass is 377 g/mol. The van der Waals surface area contributed by atoms with Gasteiger partial charge in [-0.1, -0.05) is 32.0 Å². The second kappa shape index (κ2) is 7.34. The topological polar surface area (TPSA) is 84.2 Å². The Labute approximate surface area is 162 Å². The highest BCUT2D eigenvalue weighted by molar-refractivity contribution is 5.99. The molecule has 3 heterocycles. The fourth-order valence-corrected chi connectivity index (χ4v) is 3.47. The van der Waals surface area contributed by atoms with Crippen molar-refractivity contribution in [2.24, 2.45) is 5.92 Å². The van der Waals surface area contributed by atoms with Crippen LogP contribution in [-0.4, -0.2) is 31.4 Å². The normalized spacial score (nSPS) is 11.5. The number of pyridine rings is 1. The van der Waals surface area contributed by atoms with Gasteiger partial charge in [-0.3, -0.25) is 9.36 Å². The number of benzene rings is 1. The zero-order valence-corrected chi connectivity index (χ0v) is 16.0. The third kappa shape index (κ3) is 3.31. The number of aromatic amines is 1. The van der Waals surface area contributed by atoms with E-state index in [0.29, 0.717) is 24.7 Å². The largest absolute Gasteiger partial charge is 0.349 e. The van der Waals surface area contributed by atoms with Crippen molar-refractivity contribution in [3.63, 3.8) is 0 Å². The highest BCUT2D eigenvalue weighted by Gasteiger charge is 2.17. The number of aromatic nitrogens is 4. The van der Waals surface area contributed by atoms with Crippen molar-refractivity contribution in [2.45, 2.75) is 26.8 Å². The third-order valence-electron chi connectivity index (χ3n) is 4.73. The molecule has 2 N–H and O–H groups in total. The maximum atomic E-state index is 12.8. The van der Waals surface area contributed by atoms with Gasteiger partial charge in [-0.2, -0.15) is 0 Å². The summed E-state index contributed by atoms with van der Waals surface area (Å²) in [5.74, 6) is 1.09. The molecule has 0 bridgehead atoms. The molecule has 0 saturated carbocycles. The average Bonchev–Trinajstić information content (AvgIpc) is 3.19. The summed E-state index contributed by atoms with van der Waals surface area (Å²) < 4.78 is 3.60. The molecule has 7 nitrogen and oxygen atoms in total. The van der Waals surface area contributed by atoms with Gasteiger partial charge >= 0.3 is 5.69 Å². The van der Waals surface area contributed by atoms with E-state index in [9.17, 15) is 9.59 Å². The van der Waals surface area contributed by atoms with E-state index in [1.807, 2.05) is 53.1 Å². The van der Waals surface area contributed by atoms with Gasteiger partial charge in [0.2, 0.25) is 0 Å². The number of para-hydroxylation sites is 2. The van der Waals surface area contributed by atoms with Crippen LogP contribution in [0.25, 0.3) is 16.6 Å². The molecule has 4 rings (SSSR count). The van der Waals surface area contributed by atoms with E-state index in [4.69, 9.17) is 0 Å². The Hall–Kier alpha value is -3.35. The van der Waals surface area contributed by atoms with Gasteiger partial charge < -0.3 is 14.7 Å². The first-order valence-corrected chi connectivity index (χ1v) is 9.46. The number of amides is 1. The SMILES string of the molecule is CC(C)Cc1nc(C(=O)NCCn2c(=O)[nH]c3ccccc32)c2ccccn12. The van der Waals surface area contributed by atoms with Crippen molar-refractivity contribution in [2.75, 3.05) is 6.54 Å². The van der Waals surface area contributed by atoms with E-state index >= 15 is 0 Å². The predicted octanol–water partition coefficient (Wildman–Crippen LogP) is 2.61. The van der Waals surface area contributed by atoms with Gasteiger partial charge in [-0.15, -0.1) is 0 Å². The number of rotatable bonds is 6. The Morgan fingerprint density at radius 1 is 1.14 bits per heavy atom. The number of hydrogen-bond donors (Lipinski definition) is 2. The number of carbonyl (C=O) groups excluding carboxylic acids is 1. The van der Waals surface area contributed by atoms with Gasteiger partial charge in [0.05, 0.1) is 16.6 Å². The van der Waals surface area contributed by atoms with E-state index in [0.717, 1.165) is 28.8 Å². The van der Waals surface area contributed by atoms with E-state index in [2.05, 4.69) is 29.1 Å². The Bertz CT molecular complexity index is 1200. The second-order valence-corrected chi connectivity index (χ2v) is 7.29. The van der Waals surface area contributed by atoms with Crippen molar-refractivity contribution in [3.8, 4) is 0 Å². The standard InChI is InChI=1S/C21H23N5O2/c1-14(2)13-18-24-19(17-9-5-6-11-25(17)18)20(27)22-10-12-26-16-8-4-3-7-15(16)23-21(26)28/h3-9,11,14H,10,12-13H2,1-2H3,(H,22,27)(H,23,28). The molecule has 0 aliphatic carbocycles.